The summed E-state index contributed by atoms with van der Waals surface area (Å²) in [6.45, 7) is 18.0. The van der Waals surface area contributed by atoms with Crippen LogP contribution in [0, 0.1) is 10.8 Å². The van der Waals surface area contributed by atoms with Crippen LogP contribution in [-0.2, 0) is 28.6 Å². The number of ether oxygens (including phenoxy) is 3. The van der Waals surface area contributed by atoms with Crippen molar-refractivity contribution < 1.29 is 33.7 Å². The molecule has 164 valence electrons. The third-order valence-electron chi connectivity index (χ3n) is 4.31. The molecule has 0 bridgehead atoms. The number of esters is 3. The van der Waals surface area contributed by atoms with Gasteiger partial charge in [-0.3, -0.25) is 9.59 Å². The van der Waals surface area contributed by atoms with Crippen LogP contribution in [0.2, 0.25) is 0 Å². The zero-order valence-electron chi connectivity index (χ0n) is 18.7. The van der Waals surface area contributed by atoms with Crippen molar-refractivity contribution >= 4 is 17.9 Å². The molecule has 0 aliphatic rings. The summed E-state index contributed by atoms with van der Waals surface area (Å²) in [7, 11) is 0. The van der Waals surface area contributed by atoms with Crippen LogP contribution >= 0.6 is 0 Å². The van der Waals surface area contributed by atoms with Crippen molar-refractivity contribution in [2.45, 2.75) is 74.3 Å². The number of hydrogen-bond acceptors (Lipinski definition) is 7. The minimum atomic E-state index is -1.02. The first-order chi connectivity index (χ1) is 12.7. The van der Waals surface area contributed by atoms with E-state index < -0.39 is 17.5 Å². The molecule has 1 unspecified atom stereocenters. The fourth-order valence-electron chi connectivity index (χ4n) is 1.33. The Morgan fingerprint density at radius 3 is 1.61 bits per heavy atom. The molecule has 0 heterocycles. The van der Waals surface area contributed by atoms with Crippen molar-refractivity contribution in [2.24, 2.45) is 10.8 Å². The Bertz CT molecular complexity index is 521. The van der Waals surface area contributed by atoms with Gasteiger partial charge in [0.05, 0.1) is 17.4 Å². The van der Waals surface area contributed by atoms with Crippen LogP contribution < -0.4 is 0 Å². The molecule has 7 heteroatoms. The van der Waals surface area contributed by atoms with Crippen molar-refractivity contribution in [3.63, 3.8) is 0 Å². The van der Waals surface area contributed by atoms with Gasteiger partial charge in [-0.2, -0.15) is 0 Å². The van der Waals surface area contributed by atoms with E-state index in [4.69, 9.17) is 14.2 Å². The topological polar surface area (TPSA) is 99.1 Å². The lowest BCUT2D eigenvalue weighted by atomic mass is 9.91. The zero-order chi connectivity index (χ0) is 22.5. The summed E-state index contributed by atoms with van der Waals surface area (Å²) in [6.07, 6.45) is 0.447. The standard InChI is InChI=1S/C13H22O5.C8H16O2/c1-6-13(4,5)12(16)18-8-10(14)7-17-11(15)9(2)3;1-5-8(3,4)7(9)10-6-2/h10,14H,2,6-8H2,1,3-5H3;5-6H2,1-4H3. The molecule has 0 aromatic carbocycles. The van der Waals surface area contributed by atoms with Crippen LogP contribution in [0.3, 0.4) is 0 Å². The number of carbonyl (C=O) groups excluding carboxylic acids is 3. The lowest BCUT2D eigenvalue weighted by Crippen LogP contribution is -2.31. The highest BCUT2D eigenvalue weighted by molar-refractivity contribution is 5.86. The highest BCUT2D eigenvalue weighted by Gasteiger charge is 2.28. The molecule has 0 aromatic rings. The number of aliphatic hydroxyl groups excluding tert-OH is 1. The van der Waals surface area contributed by atoms with Gasteiger partial charge in [-0.25, -0.2) is 4.79 Å². The minimum absolute atomic E-state index is 0.0995. The first-order valence-electron chi connectivity index (χ1n) is 9.60. The molecular formula is C21H38O7. The number of hydrogen-bond donors (Lipinski definition) is 1. The van der Waals surface area contributed by atoms with Gasteiger partial charge in [0.2, 0.25) is 0 Å². The van der Waals surface area contributed by atoms with Crippen LogP contribution in [0.15, 0.2) is 12.2 Å². The Morgan fingerprint density at radius 1 is 0.857 bits per heavy atom. The van der Waals surface area contributed by atoms with Crippen molar-refractivity contribution in [2.75, 3.05) is 19.8 Å². The second-order valence-electron chi connectivity index (χ2n) is 7.83. The van der Waals surface area contributed by atoms with Crippen LogP contribution in [-0.4, -0.2) is 48.9 Å². The van der Waals surface area contributed by atoms with E-state index >= 15 is 0 Å². The Balaban J connectivity index is 0. The van der Waals surface area contributed by atoms with Crippen LogP contribution in [0.4, 0.5) is 0 Å². The minimum Gasteiger partial charge on any atom is -0.466 e. The Morgan fingerprint density at radius 2 is 1.25 bits per heavy atom. The van der Waals surface area contributed by atoms with Crippen LogP contribution in [0.25, 0.3) is 0 Å². The summed E-state index contributed by atoms with van der Waals surface area (Å²) < 4.78 is 14.5. The molecule has 1 atom stereocenters. The molecule has 0 radical (unpaired) electrons. The van der Waals surface area contributed by atoms with Crippen molar-refractivity contribution in [3.8, 4) is 0 Å². The van der Waals surface area contributed by atoms with E-state index in [0.717, 1.165) is 6.42 Å². The van der Waals surface area contributed by atoms with E-state index in [-0.39, 0.29) is 36.1 Å². The van der Waals surface area contributed by atoms with Crippen LogP contribution in [0.1, 0.15) is 68.2 Å². The average molecular weight is 403 g/mol. The molecule has 0 saturated heterocycles. The molecule has 0 saturated carbocycles. The first-order valence-corrected chi connectivity index (χ1v) is 9.60. The summed E-state index contributed by atoms with van der Waals surface area (Å²) in [6, 6.07) is 0. The van der Waals surface area contributed by atoms with Crippen LogP contribution in [0.5, 0.6) is 0 Å². The Kier molecular flexibility index (Phi) is 13.5. The molecule has 7 nitrogen and oxygen atoms in total. The molecule has 0 amide bonds. The van der Waals surface area contributed by atoms with Gasteiger partial charge in [-0.15, -0.1) is 0 Å². The van der Waals surface area contributed by atoms with E-state index in [2.05, 4.69) is 6.58 Å². The van der Waals surface area contributed by atoms with Gasteiger partial charge >= 0.3 is 17.9 Å². The van der Waals surface area contributed by atoms with Gasteiger partial charge in [0.25, 0.3) is 0 Å². The average Bonchev–Trinajstić information content (AvgIpc) is 2.64. The summed E-state index contributed by atoms with van der Waals surface area (Å²) in [4.78, 5) is 33.7. The highest BCUT2D eigenvalue weighted by atomic mass is 16.6. The summed E-state index contributed by atoms with van der Waals surface area (Å²) in [5.74, 6) is -1.05. The molecule has 0 rings (SSSR count). The summed E-state index contributed by atoms with van der Waals surface area (Å²) in [5.41, 5.74) is -0.629. The molecule has 0 aliphatic carbocycles. The Hall–Kier alpha value is -1.89. The Labute approximate surface area is 169 Å². The monoisotopic (exact) mass is 402 g/mol. The van der Waals surface area contributed by atoms with E-state index in [1.807, 2.05) is 34.6 Å². The normalized spacial score (nSPS) is 12.2. The third kappa shape index (κ3) is 11.7. The lowest BCUT2D eigenvalue weighted by molar-refractivity contribution is -0.159. The van der Waals surface area contributed by atoms with E-state index in [1.54, 1.807) is 13.8 Å². The first kappa shape index (κ1) is 28.3. The van der Waals surface area contributed by atoms with Gasteiger partial charge < -0.3 is 19.3 Å². The summed E-state index contributed by atoms with van der Waals surface area (Å²) >= 11 is 0. The van der Waals surface area contributed by atoms with Gasteiger partial charge in [0.15, 0.2) is 0 Å². The number of rotatable bonds is 10. The molecule has 0 spiro atoms. The van der Waals surface area contributed by atoms with Crippen molar-refractivity contribution in [1.82, 2.24) is 0 Å². The second-order valence-corrected chi connectivity index (χ2v) is 7.83. The number of carbonyl (C=O) groups is 3. The fraction of sp³-hybridized carbons (Fsp3) is 0.762. The maximum Gasteiger partial charge on any atom is 0.333 e. The van der Waals surface area contributed by atoms with Crippen molar-refractivity contribution in [1.29, 1.82) is 0 Å². The van der Waals surface area contributed by atoms with E-state index in [0.29, 0.717) is 13.0 Å². The molecular weight excluding hydrogens is 364 g/mol. The highest BCUT2D eigenvalue weighted by Crippen LogP contribution is 2.21. The largest absolute Gasteiger partial charge is 0.466 e. The smallest absolute Gasteiger partial charge is 0.333 e. The molecule has 0 fully saturated rings. The second kappa shape index (κ2) is 13.3. The fourth-order valence-corrected chi connectivity index (χ4v) is 1.33. The van der Waals surface area contributed by atoms with Gasteiger partial charge in [-0.05, 0) is 54.4 Å². The number of aliphatic hydroxyl groups is 1. The molecule has 1 N–H and O–H groups in total. The maximum atomic E-state index is 11.6. The predicted molar refractivity (Wildman–Crippen MR) is 108 cm³/mol. The molecule has 0 aliphatic heterocycles. The summed E-state index contributed by atoms with van der Waals surface area (Å²) in [5, 5.41) is 9.48. The lowest BCUT2D eigenvalue weighted by Gasteiger charge is -2.21. The zero-order valence-corrected chi connectivity index (χ0v) is 18.7. The molecule has 28 heavy (non-hydrogen) atoms. The molecule has 0 aromatic heterocycles. The predicted octanol–water partition coefficient (Wildman–Crippen LogP) is 3.43. The van der Waals surface area contributed by atoms with Gasteiger partial charge in [0, 0.05) is 5.57 Å². The quantitative estimate of drug-likeness (QED) is 0.339. The SMILES string of the molecule is C=C(C)C(=O)OCC(O)COC(=O)C(C)(C)CC.CCOC(=O)C(C)(C)CC. The van der Waals surface area contributed by atoms with E-state index in [1.165, 1.54) is 6.92 Å². The van der Waals surface area contributed by atoms with Crippen molar-refractivity contribution in [3.05, 3.63) is 12.2 Å². The van der Waals surface area contributed by atoms with E-state index in [9.17, 15) is 19.5 Å². The van der Waals surface area contributed by atoms with Gasteiger partial charge in [0.1, 0.15) is 19.3 Å². The maximum absolute atomic E-state index is 11.6. The van der Waals surface area contributed by atoms with Gasteiger partial charge in [-0.1, -0.05) is 20.4 Å². The third-order valence-corrected chi connectivity index (χ3v) is 4.31.